The summed E-state index contributed by atoms with van der Waals surface area (Å²) in [7, 11) is 1.89. The summed E-state index contributed by atoms with van der Waals surface area (Å²) in [6, 6.07) is 0.152. The van der Waals surface area contributed by atoms with Gasteiger partial charge in [0.1, 0.15) is 0 Å². The van der Waals surface area contributed by atoms with Crippen LogP contribution in [-0.2, 0) is 9.59 Å². The minimum Gasteiger partial charge on any atom is -0.352 e. The third-order valence-corrected chi connectivity index (χ3v) is 4.65. The van der Waals surface area contributed by atoms with E-state index in [1.54, 1.807) is 0 Å². The van der Waals surface area contributed by atoms with E-state index in [0.717, 1.165) is 38.8 Å². The van der Waals surface area contributed by atoms with E-state index in [4.69, 9.17) is 0 Å². The lowest BCUT2D eigenvalue weighted by Gasteiger charge is -2.26. The number of hydrogen-bond acceptors (Lipinski definition) is 3. The van der Waals surface area contributed by atoms with Crippen molar-refractivity contribution in [2.45, 2.75) is 57.4 Å². The van der Waals surface area contributed by atoms with Crippen LogP contribution in [-0.4, -0.2) is 49.4 Å². The van der Waals surface area contributed by atoms with E-state index >= 15 is 0 Å². The number of likely N-dealkylation sites (tertiary alicyclic amines) is 1. The Morgan fingerprint density at radius 3 is 2.55 bits per heavy atom. The fourth-order valence-corrected chi connectivity index (χ4v) is 3.41. The van der Waals surface area contributed by atoms with Crippen LogP contribution >= 0.6 is 12.4 Å². The Balaban J connectivity index is 0.00000242. The van der Waals surface area contributed by atoms with Crippen LogP contribution in [0.1, 0.15) is 51.4 Å². The average Bonchev–Trinajstić information content (AvgIpc) is 2.96. The zero-order chi connectivity index (χ0) is 15.1. The van der Waals surface area contributed by atoms with Gasteiger partial charge in [0.15, 0.2) is 0 Å². The summed E-state index contributed by atoms with van der Waals surface area (Å²) in [5, 5.41) is 6.11. The lowest BCUT2D eigenvalue weighted by Crippen LogP contribution is -2.40. The fourth-order valence-electron chi connectivity index (χ4n) is 3.41. The minimum absolute atomic E-state index is 0. The van der Waals surface area contributed by atoms with Crippen molar-refractivity contribution in [1.29, 1.82) is 0 Å². The first-order chi connectivity index (χ1) is 10.2. The van der Waals surface area contributed by atoms with Crippen molar-refractivity contribution < 1.29 is 9.59 Å². The fraction of sp³-hybridized carbons (Fsp3) is 0.875. The smallest absolute Gasteiger partial charge is 0.225 e. The van der Waals surface area contributed by atoms with Crippen LogP contribution in [0.4, 0.5) is 0 Å². The van der Waals surface area contributed by atoms with Crippen LogP contribution in [0.15, 0.2) is 0 Å². The molecule has 0 aromatic rings. The van der Waals surface area contributed by atoms with Crippen molar-refractivity contribution in [3.8, 4) is 0 Å². The molecule has 0 bridgehead atoms. The molecular formula is C16H30ClN3O2. The van der Waals surface area contributed by atoms with Crippen LogP contribution in [0.2, 0.25) is 0 Å². The predicted molar refractivity (Wildman–Crippen MR) is 90.1 cm³/mol. The quantitative estimate of drug-likeness (QED) is 0.728. The Labute approximate surface area is 140 Å². The maximum absolute atomic E-state index is 12.4. The second-order valence-corrected chi connectivity index (χ2v) is 6.38. The van der Waals surface area contributed by atoms with Gasteiger partial charge < -0.3 is 15.5 Å². The highest BCUT2D eigenvalue weighted by Gasteiger charge is 2.31. The molecule has 5 nitrogen and oxygen atoms in total. The highest BCUT2D eigenvalue weighted by atomic mass is 35.5. The largest absolute Gasteiger partial charge is 0.352 e. The van der Waals surface area contributed by atoms with E-state index < -0.39 is 0 Å². The number of amides is 2. The summed E-state index contributed by atoms with van der Waals surface area (Å²) >= 11 is 0. The summed E-state index contributed by atoms with van der Waals surface area (Å²) in [5.74, 6) is 0.674. The molecule has 2 amide bonds. The van der Waals surface area contributed by atoms with Gasteiger partial charge in [0.05, 0.1) is 0 Å². The monoisotopic (exact) mass is 331 g/mol. The van der Waals surface area contributed by atoms with Crippen molar-refractivity contribution in [2.75, 3.05) is 26.7 Å². The Kier molecular flexibility index (Phi) is 8.79. The normalized spacial score (nSPS) is 22.2. The van der Waals surface area contributed by atoms with Gasteiger partial charge in [0, 0.05) is 31.5 Å². The molecule has 1 aliphatic carbocycles. The second-order valence-electron chi connectivity index (χ2n) is 6.38. The maximum atomic E-state index is 12.4. The zero-order valence-electron chi connectivity index (χ0n) is 13.6. The van der Waals surface area contributed by atoms with E-state index in [1.165, 1.54) is 19.3 Å². The second kappa shape index (κ2) is 10.1. The Morgan fingerprint density at radius 1 is 1.14 bits per heavy atom. The molecule has 6 heteroatoms. The highest BCUT2D eigenvalue weighted by Crippen LogP contribution is 2.26. The summed E-state index contributed by atoms with van der Waals surface area (Å²) < 4.78 is 0. The molecule has 2 aliphatic rings. The van der Waals surface area contributed by atoms with Crippen LogP contribution in [0, 0.1) is 5.92 Å². The molecule has 2 N–H and O–H groups in total. The number of hydrogen-bond donors (Lipinski definition) is 2. The maximum Gasteiger partial charge on any atom is 0.225 e. The molecule has 0 aromatic carbocycles. The molecule has 128 valence electrons. The van der Waals surface area contributed by atoms with Crippen molar-refractivity contribution in [3.63, 3.8) is 0 Å². The van der Waals surface area contributed by atoms with E-state index in [1.807, 2.05) is 11.9 Å². The SMILES string of the molecule is CNCCCC(=O)NC1CCN(C(=O)C2CCCCC2)C1.Cl. The molecule has 1 heterocycles. The van der Waals surface area contributed by atoms with Gasteiger partial charge in [-0.25, -0.2) is 0 Å². The summed E-state index contributed by atoms with van der Waals surface area (Å²) in [6.45, 7) is 2.37. The van der Waals surface area contributed by atoms with Crippen molar-refractivity contribution in [3.05, 3.63) is 0 Å². The zero-order valence-corrected chi connectivity index (χ0v) is 14.4. The first kappa shape index (κ1) is 19.2. The van der Waals surface area contributed by atoms with E-state index in [2.05, 4.69) is 10.6 Å². The molecule has 1 unspecified atom stereocenters. The molecule has 22 heavy (non-hydrogen) atoms. The predicted octanol–water partition coefficient (Wildman–Crippen LogP) is 1.71. The number of nitrogens with zero attached hydrogens (tertiary/aromatic N) is 1. The van der Waals surface area contributed by atoms with Crippen LogP contribution in [0.3, 0.4) is 0 Å². The first-order valence-corrected chi connectivity index (χ1v) is 8.43. The number of carbonyl (C=O) groups is 2. The minimum atomic E-state index is 0. The summed E-state index contributed by atoms with van der Waals surface area (Å²) in [4.78, 5) is 26.2. The molecule has 1 saturated heterocycles. The molecule has 2 rings (SSSR count). The number of halogens is 1. The van der Waals surface area contributed by atoms with Crippen LogP contribution in [0.5, 0.6) is 0 Å². The molecule has 1 atom stereocenters. The van der Waals surface area contributed by atoms with Gasteiger partial charge in [-0.15, -0.1) is 12.4 Å². The molecule has 0 radical (unpaired) electrons. The van der Waals surface area contributed by atoms with E-state index in [-0.39, 0.29) is 30.3 Å². The van der Waals surface area contributed by atoms with Crippen molar-refractivity contribution in [1.82, 2.24) is 15.5 Å². The molecule has 1 saturated carbocycles. The summed E-state index contributed by atoms with van der Waals surface area (Å²) in [6.07, 6.45) is 8.08. The van der Waals surface area contributed by atoms with Gasteiger partial charge in [-0.1, -0.05) is 19.3 Å². The third-order valence-electron chi connectivity index (χ3n) is 4.65. The van der Waals surface area contributed by atoms with Crippen LogP contribution < -0.4 is 10.6 Å². The van der Waals surface area contributed by atoms with Gasteiger partial charge >= 0.3 is 0 Å². The molecule has 0 aromatic heterocycles. The average molecular weight is 332 g/mol. The Morgan fingerprint density at radius 2 is 1.86 bits per heavy atom. The summed E-state index contributed by atoms with van der Waals surface area (Å²) in [5.41, 5.74) is 0. The molecule has 0 spiro atoms. The van der Waals surface area contributed by atoms with Crippen molar-refractivity contribution in [2.24, 2.45) is 5.92 Å². The molecule has 1 aliphatic heterocycles. The lowest BCUT2D eigenvalue weighted by atomic mass is 9.88. The number of nitrogens with one attached hydrogen (secondary N) is 2. The molecular weight excluding hydrogens is 302 g/mol. The standard InChI is InChI=1S/C16H29N3O2.ClH/c1-17-10-5-8-15(20)18-14-9-11-19(12-14)16(21)13-6-3-2-4-7-13;/h13-14,17H,2-12H2,1H3,(H,18,20);1H. The molecule has 2 fully saturated rings. The van der Waals surface area contributed by atoms with E-state index in [9.17, 15) is 9.59 Å². The third kappa shape index (κ3) is 5.76. The van der Waals surface area contributed by atoms with Gasteiger partial charge in [-0.2, -0.15) is 0 Å². The number of rotatable bonds is 6. The van der Waals surface area contributed by atoms with E-state index in [0.29, 0.717) is 18.9 Å². The topological polar surface area (TPSA) is 61.4 Å². The van der Waals surface area contributed by atoms with Gasteiger partial charge in [0.25, 0.3) is 0 Å². The van der Waals surface area contributed by atoms with Gasteiger partial charge in [-0.05, 0) is 39.3 Å². The van der Waals surface area contributed by atoms with Crippen molar-refractivity contribution >= 4 is 24.2 Å². The van der Waals surface area contributed by atoms with Gasteiger partial charge in [-0.3, -0.25) is 9.59 Å². The van der Waals surface area contributed by atoms with Gasteiger partial charge in [0.2, 0.25) is 11.8 Å². The lowest BCUT2D eigenvalue weighted by molar-refractivity contribution is -0.135. The first-order valence-electron chi connectivity index (χ1n) is 8.43. The number of carbonyl (C=O) groups excluding carboxylic acids is 2. The van der Waals surface area contributed by atoms with Crippen LogP contribution in [0.25, 0.3) is 0 Å². The Bertz CT molecular complexity index is 359. The highest BCUT2D eigenvalue weighted by molar-refractivity contribution is 5.85. The Hall–Kier alpha value is -0.810.